The average molecular weight is 408 g/mol. The molecule has 1 aliphatic carbocycles. The Kier molecular flexibility index (Phi) is 6.11. The molecule has 8 heteroatoms. The molecule has 1 saturated carbocycles. The summed E-state index contributed by atoms with van der Waals surface area (Å²) in [7, 11) is -3.42. The number of halogens is 1. The third-order valence-electron chi connectivity index (χ3n) is 4.95. The van der Waals surface area contributed by atoms with Gasteiger partial charge in [-0.3, -0.25) is 4.79 Å². The zero-order valence-electron chi connectivity index (χ0n) is 15.1. The van der Waals surface area contributed by atoms with Crippen molar-refractivity contribution in [3.63, 3.8) is 0 Å². The smallest absolute Gasteiger partial charge is 0.233 e. The molecule has 144 valence electrons. The molecule has 0 unspecified atom stereocenters. The van der Waals surface area contributed by atoms with E-state index in [0.29, 0.717) is 23.7 Å². The standard InChI is InChI=1S/C19H22ClN3O3S/c1-27(25,26)17-7-6-14(11-16(17)20)15(10-13-4-2-3-5-13)19(24)23-18-8-9-21-12-22-18/h6-9,11-13,15H,2-5,10H2,1H3,(H,21,22,23,24)/t15-/m1/s1. The van der Waals surface area contributed by atoms with Gasteiger partial charge < -0.3 is 5.32 Å². The number of carbonyl (C=O) groups is 1. The summed E-state index contributed by atoms with van der Waals surface area (Å²) in [5.41, 5.74) is 0.714. The lowest BCUT2D eigenvalue weighted by molar-refractivity contribution is -0.118. The summed E-state index contributed by atoms with van der Waals surface area (Å²) in [5, 5.41) is 2.97. The third-order valence-corrected chi connectivity index (χ3v) is 6.53. The van der Waals surface area contributed by atoms with Crippen molar-refractivity contribution in [3.05, 3.63) is 47.4 Å². The van der Waals surface area contributed by atoms with E-state index in [2.05, 4.69) is 15.3 Å². The molecule has 0 spiro atoms. The predicted octanol–water partition coefficient (Wildman–Crippen LogP) is 3.84. The zero-order valence-corrected chi connectivity index (χ0v) is 16.6. The van der Waals surface area contributed by atoms with Crippen molar-refractivity contribution >= 4 is 33.2 Å². The molecule has 6 nitrogen and oxygen atoms in total. The van der Waals surface area contributed by atoms with Gasteiger partial charge in [-0.25, -0.2) is 18.4 Å². The van der Waals surface area contributed by atoms with Crippen molar-refractivity contribution in [2.45, 2.75) is 42.9 Å². The molecule has 0 bridgehead atoms. The normalized spacial score (nSPS) is 16.2. The molecule has 1 aromatic heterocycles. The second-order valence-electron chi connectivity index (χ2n) is 6.98. The summed E-state index contributed by atoms with van der Waals surface area (Å²) in [5.74, 6) is 0.308. The van der Waals surface area contributed by atoms with Crippen LogP contribution in [0, 0.1) is 5.92 Å². The van der Waals surface area contributed by atoms with Crippen LogP contribution in [0.25, 0.3) is 0 Å². The molecule has 1 aromatic carbocycles. The number of aromatic nitrogens is 2. The largest absolute Gasteiger partial charge is 0.310 e. The quantitative estimate of drug-likeness (QED) is 0.785. The van der Waals surface area contributed by atoms with Crippen molar-refractivity contribution in [1.29, 1.82) is 0 Å². The van der Waals surface area contributed by atoms with Crippen LogP contribution >= 0.6 is 11.6 Å². The molecule has 0 saturated heterocycles. The molecule has 0 radical (unpaired) electrons. The van der Waals surface area contributed by atoms with Crippen LogP contribution in [0.4, 0.5) is 5.82 Å². The Balaban J connectivity index is 1.89. The van der Waals surface area contributed by atoms with Gasteiger partial charge in [-0.15, -0.1) is 0 Å². The topological polar surface area (TPSA) is 89.0 Å². The van der Waals surface area contributed by atoms with Crippen LogP contribution in [-0.2, 0) is 14.6 Å². The van der Waals surface area contributed by atoms with Gasteiger partial charge in [0.05, 0.1) is 15.8 Å². The molecule has 0 aliphatic heterocycles. The maximum atomic E-state index is 13.0. The molecule has 2 aromatic rings. The SMILES string of the molecule is CS(=O)(=O)c1ccc([C@@H](CC2CCCC2)C(=O)Nc2ccncn2)cc1Cl. The van der Waals surface area contributed by atoms with Gasteiger partial charge in [0.2, 0.25) is 5.91 Å². The van der Waals surface area contributed by atoms with Gasteiger partial charge in [-0.05, 0) is 36.1 Å². The lowest BCUT2D eigenvalue weighted by Crippen LogP contribution is -2.23. The summed E-state index contributed by atoms with van der Waals surface area (Å²) in [6, 6.07) is 6.38. The maximum Gasteiger partial charge on any atom is 0.233 e. The number of sulfone groups is 1. The van der Waals surface area contributed by atoms with Crippen LogP contribution in [0.2, 0.25) is 5.02 Å². The fraction of sp³-hybridized carbons (Fsp3) is 0.421. The molecule has 1 N–H and O–H groups in total. The number of amides is 1. The molecule has 1 fully saturated rings. The first-order valence-corrected chi connectivity index (χ1v) is 11.2. The van der Waals surface area contributed by atoms with E-state index in [0.717, 1.165) is 19.1 Å². The van der Waals surface area contributed by atoms with Crippen LogP contribution in [0.3, 0.4) is 0 Å². The van der Waals surface area contributed by atoms with Gasteiger partial charge in [0.15, 0.2) is 9.84 Å². The molecule has 1 aliphatic rings. The van der Waals surface area contributed by atoms with Gasteiger partial charge in [0.1, 0.15) is 12.1 Å². The number of benzene rings is 1. The number of nitrogens with zero attached hydrogens (tertiary/aromatic N) is 2. The van der Waals surface area contributed by atoms with Gasteiger partial charge in [-0.1, -0.05) is 43.4 Å². The van der Waals surface area contributed by atoms with E-state index in [-0.39, 0.29) is 15.8 Å². The Morgan fingerprint density at radius 3 is 2.63 bits per heavy atom. The first-order chi connectivity index (χ1) is 12.8. The van der Waals surface area contributed by atoms with Crippen molar-refractivity contribution in [1.82, 2.24) is 9.97 Å². The zero-order chi connectivity index (χ0) is 19.4. The van der Waals surface area contributed by atoms with Crippen LogP contribution in [0.15, 0.2) is 41.7 Å². The van der Waals surface area contributed by atoms with Gasteiger partial charge in [-0.2, -0.15) is 0 Å². The Bertz CT molecular complexity index is 913. The number of hydrogen-bond donors (Lipinski definition) is 1. The minimum Gasteiger partial charge on any atom is -0.310 e. The lowest BCUT2D eigenvalue weighted by atomic mass is 9.87. The van der Waals surface area contributed by atoms with E-state index in [1.807, 2.05) is 0 Å². The average Bonchev–Trinajstić information content (AvgIpc) is 3.12. The Labute approximate surface area is 164 Å². The minimum atomic E-state index is -3.42. The highest BCUT2D eigenvalue weighted by Crippen LogP contribution is 2.36. The monoisotopic (exact) mass is 407 g/mol. The Morgan fingerprint density at radius 2 is 2.04 bits per heavy atom. The highest BCUT2D eigenvalue weighted by molar-refractivity contribution is 7.90. The van der Waals surface area contributed by atoms with Crippen LogP contribution in [-0.4, -0.2) is 30.5 Å². The van der Waals surface area contributed by atoms with Crippen molar-refractivity contribution in [2.24, 2.45) is 5.92 Å². The van der Waals surface area contributed by atoms with E-state index in [1.165, 1.54) is 25.2 Å². The van der Waals surface area contributed by atoms with E-state index in [9.17, 15) is 13.2 Å². The maximum absolute atomic E-state index is 13.0. The van der Waals surface area contributed by atoms with E-state index >= 15 is 0 Å². The second kappa shape index (κ2) is 8.35. The third kappa shape index (κ3) is 5.05. The second-order valence-corrected chi connectivity index (χ2v) is 9.38. The van der Waals surface area contributed by atoms with Crippen molar-refractivity contribution in [3.8, 4) is 0 Å². The van der Waals surface area contributed by atoms with Crippen LogP contribution < -0.4 is 5.32 Å². The van der Waals surface area contributed by atoms with E-state index in [1.54, 1.807) is 24.4 Å². The first kappa shape index (κ1) is 19.8. The molecule has 1 heterocycles. The molecular weight excluding hydrogens is 386 g/mol. The summed E-state index contributed by atoms with van der Waals surface area (Å²) in [4.78, 5) is 20.9. The number of carbonyl (C=O) groups excluding carboxylic acids is 1. The first-order valence-electron chi connectivity index (χ1n) is 8.91. The van der Waals surface area contributed by atoms with Gasteiger partial charge in [0.25, 0.3) is 0 Å². The van der Waals surface area contributed by atoms with Crippen molar-refractivity contribution < 1.29 is 13.2 Å². The van der Waals surface area contributed by atoms with Gasteiger partial charge >= 0.3 is 0 Å². The number of anilines is 1. The fourth-order valence-corrected chi connectivity index (χ4v) is 4.92. The molecule has 27 heavy (non-hydrogen) atoms. The van der Waals surface area contributed by atoms with E-state index in [4.69, 9.17) is 11.6 Å². The summed E-state index contributed by atoms with van der Waals surface area (Å²) >= 11 is 6.21. The fourth-order valence-electron chi connectivity index (χ4n) is 3.59. The van der Waals surface area contributed by atoms with E-state index < -0.39 is 15.8 Å². The highest BCUT2D eigenvalue weighted by Gasteiger charge is 2.28. The number of nitrogens with one attached hydrogen (secondary N) is 1. The summed E-state index contributed by atoms with van der Waals surface area (Å²) in [6.45, 7) is 0. The van der Waals surface area contributed by atoms with Crippen molar-refractivity contribution in [2.75, 3.05) is 11.6 Å². The molecule has 1 amide bonds. The highest BCUT2D eigenvalue weighted by atomic mass is 35.5. The lowest BCUT2D eigenvalue weighted by Gasteiger charge is -2.21. The van der Waals surface area contributed by atoms with Crippen LogP contribution in [0.5, 0.6) is 0 Å². The number of hydrogen-bond acceptors (Lipinski definition) is 5. The number of rotatable bonds is 6. The Hall–Kier alpha value is -1.99. The van der Waals surface area contributed by atoms with Gasteiger partial charge in [0, 0.05) is 12.5 Å². The molecule has 3 rings (SSSR count). The van der Waals surface area contributed by atoms with Crippen LogP contribution in [0.1, 0.15) is 43.6 Å². The summed E-state index contributed by atoms with van der Waals surface area (Å²) < 4.78 is 23.6. The predicted molar refractivity (Wildman–Crippen MR) is 105 cm³/mol. The Morgan fingerprint density at radius 1 is 1.30 bits per heavy atom. The minimum absolute atomic E-state index is 0.0729. The molecular formula is C19H22ClN3O3S. The molecule has 1 atom stereocenters. The summed E-state index contributed by atoms with van der Waals surface area (Å²) in [6.07, 6.45) is 9.32.